The zero-order valence-electron chi connectivity index (χ0n) is 10.6. The summed E-state index contributed by atoms with van der Waals surface area (Å²) in [6.45, 7) is 4.54. The van der Waals surface area contributed by atoms with Crippen molar-refractivity contribution >= 4 is 11.4 Å². The van der Waals surface area contributed by atoms with Gasteiger partial charge in [-0.1, -0.05) is 0 Å². The number of nitrogens with zero attached hydrogens (tertiary/aromatic N) is 1. The minimum atomic E-state index is -4.80. The first kappa shape index (κ1) is 16.2. The number of halogens is 4. The first-order chi connectivity index (χ1) is 8.53. The average molecular weight is 298 g/mol. The second-order valence-corrected chi connectivity index (χ2v) is 6.84. The predicted octanol–water partition coefficient (Wildman–Crippen LogP) is 2.88. The Morgan fingerprint density at radius 1 is 1.32 bits per heavy atom. The zero-order valence-corrected chi connectivity index (χ0v) is 11.4. The van der Waals surface area contributed by atoms with E-state index in [2.05, 4.69) is 4.98 Å². The van der Waals surface area contributed by atoms with Crippen LogP contribution in [0, 0.1) is 5.82 Å². The van der Waals surface area contributed by atoms with Gasteiger partial charge in [-0.2, -0.15) is 13.2 Å². The third-order valence-electron chi connectivity index (χ3n) is 2.17. The van der Waals surface area contributed by atoms with Crippen LogP contribution in [0.2, 0.25) is 0 Å². The van der Waals surface area contributed by atoms with Gasteiger partial charge in [-0.3, -0.25) is 4.98 Å². The number of alkyl halides is 3. The molecule has 1 heterocycles. The highest BCUT2D eigenvalue weighted by molar-refractivity contribution is 7.90. The van der Waals surface area contributed by atoms with Crippen molar-refractivity contribution in [1.82, 2.24) is 9.71 Å². The molecule has 2 atom stereocenters. The first-order valence-corrected chi connectivity index (χ1v) is 6.53. The number of aromatic nitrogens is 1. The molecule has 1 aromatic rings. The Kier molecular flexibility index (Phi) is 4.81. The summed E-state index contributed by atoms with van der Waals surface area (Å²) in [5.41, 5.74) is -0.812. The highest BCUT2D eigenvalue weighted by Crippen LogP contribution is 2.34. The summed E-state index contributed by atoms with van der Waals surface area (Å²) in [6, 6.07) is -0.343. The molecule has 0 aliphatic heterocycles. The van der Waals surface area contributed by atoms with Gasteiger partial charge >= 0.3 is 6.18 Å². The average Bonchev–Trinajstić information content (AvgIpc) is 2.24. The van der Waals surface area contributed by atoms with Gasteiger partial charge in [0.05, 0.1) is 0 Å². The fourth-order valence-electron chi connectivity index (χ4n) is 1.17. The van der Waals surface area contributed by atoms with Crippen LogP contribution < -0.4 is 4.72 Å². The van der Waals surface area contributed by atoms with Crippen molar-refractivity contribution < 1.29 is 22.1 Å². The molecule has 0 fully saturated rings. The van der Waals surface area contributed by atoms with Crippen LogP contribution >= 0.6 is 0 Å². The summed E-state index contributed by atoms with van der Waals surface area (Å²) >= 11 is -2.00. The molecular formula is C11H14F4N2OS. The fourth-order valence-corrected chi connectivity index (χ4v) is 1.98. The lowest BCUT2D eigenvalue weighted by atomic mass is 10.2. The standard InChI is InChI=1S/C11H14F4N2OS/c1-10(2,3)19(18)17-9(11(13,14)15)8-7(12)5-4-6-16-8/h4-6,9,17H,1-3H3. The summed E-state index contributed by atoms with van der Waals surface area (Å²) in [4.78, 5) is 3.39. The van der Waals surface area contributed by atoms with Crippen molar-refractivity contribution in [3.05, 3.63) is 29.8 Å². The van der Waals surface area contributed by atoms with Crippen molar-refractivity contribution in [3.8, 4) is 0 Å². The molecule has 1 rings (SSSR count). The molecular weight excluding hydrogens is 284 g/mol. The molecule has 0 aliphatic carbocycles. The number of hydrogen-bond acceptors (Lipinski definition) is 3. The molecule has 108 valence electrons. The van der Waals surface area contributed by atoms with E-state index in [-0.39, 0.29) is 0 Å². The minimum Gasteiger partial charge on any atom is -0.598 e. The molecule has 2 unspecified atom stereocenters. The fraction of sp³-hybridized carbons (Fsp3) is 0.545. The maximum Gasteiger partial charge on any atom is 0.413 e. The second-order valence-electron chi connectivity index (χ2n) is 4.84. The Morgan fingerprint density at radius 2 is 1.89 bits per heavy atom. The molecule has 0 radical (unpaired) electrons. The van der Waals surface area contributed by atoms with Crippen LogP contribution in [-0.2, 0) is 11.4 Å². The van der Waals surface area contributed by atoms with Gasteiger partial charge in [-0.25, -0.2) is 4.39 Å². The summed E-state index contributed by atoms with van der Waals surface area (Å²) in [7, 11) is 0. The molecule has 0 saturated heterocycles. The van der Waals surface area contributed by atoms with Crippen LogP contribution in [0.25, 0.3) is 0 Å². The number of hydrogen-bond donors (Lipinski definition) is 1. The second kappa shape index (κ2) is 5.64. The van der Waals surface area contributed by atoms with Crippen molar-refractivity contribution in [2.24, 2.45) is 0 Å². The quantitative estimate of drug-likeness (QED) is 0.689. The minimum absolute atomic E-state index is 0.812. The van der Waals surface area contributed by atoms with Gasteiger partial charge < -0.3 is 4.55 Å². The maximum atomic E-state index is 13.4. The van der Waals surface area contributed by atoms with Gasteiger partial charge in [0.2, 0.25) is 0 Å². The topological polar surface area (TPSA) is 48.0 Å². The summed E-state index contributed by atoms with van der Waals surface area (Å²) in [5.74, 6) is -1.09. The van der Waals surface area contributed by atoms with Crippen molar-refractivity contribution in [1.29, 1.82) is 0 Å². The molecule has 0 bridgehead atoms. The molecule has 0 spiro atoms. The molecule has 19 heavy (non-hydrogen) atoms. The summed E-state index contributed by atoms with van der Waals surface area (Å²) in [6.07, 6.45) is -3.74. The molecule has 0 saturated carbocycles. The van der Waals surface area contributed by atoms with E-state index >= 15 is 0 Å². The first-order valence-electron chi connectivity index (χ1n) is 5.38. The SMILES string of the molecule is CC(C)(C)[S+]([O-])NC(c1ncccc1F)C(F)(F)F. The van der Waals surface area contributed by atoms with E-state index in [4.69, 9.17) is 0 Å². The van der Waals surface area contributed by atoms with Gasteiger partial charge in [0.25, 0.3) is 0 Å². The largest absolute Gasteiger partial charge is 0.598 e. The predicted molar refractivity (Wildman–Crippen MR) is 64.0 cm³/mol. The van der Waals surface area contributed by atoms with E-state index in [0.717, 1.165) is 12.3 Å². The van der Waals surface area contributed by atoms with E-state index in [1.54, 1.807) is 0 Å². The van der Waals surface area contributed by atoms with E-state index in [1.807, 2.05) is 4.72 Å². The van der Waals surface area contributed by atoms with Gasteiger partial charge in [-0.05, 0) is 32.9 Å². The van der Waals surface area contributed by atoms with Gasteiger partial charge in [0, 0.05) is 17.6 Å². The lowest BCUT2D eigenvalue weighted by molar-refractivity contribution is -0.154. The Labute approximate surface area is 111 Å². The summed E-state index contributed by atoms with van der Waals surface area (Å²) in [5, 5.41) is 0. The Bertz CT molecular complexity index is 433. The maximum absolute atomic E-state index is 13.4. The number of nitrogens with one attached hydrogen (secondary N) is 1. The number of pyridine rings is 1. The van der Waals surface area contributed by atoms with Gasteiger partial charge in [0.15, 0.2) is 6.04 Å². The molecule has 8 heteroatoms. The van der Waals surface area contributed by atoms with E-state index in [1.165, 1.54) is 26.8 Å². The lowest BCUT2D eigenvalue weighted by Crippen LogP contribution is -2.46. The van der Waals surface area contributed by atoms with E-state index < -0.39 is 39.8 Å². The molecule has 3 nitrogen and oxygen atoms in total. The monoisotopic (exact) mass is 298 g/mol. The van der Waals surface area contributed by atoms with Gasteiger partial charge in [-0.15, -0.1) is 4.72 Å². The lowest BCUT2D eigenvalue weighted by Gasteiger charge is -2.28. The van der Waals surface area contributed by atoms with E-state index in [9.17, 15) is 22.1 Å². The van der Waals surface area contributed by atoms with Crippen molar-refractivity contribution in [2.45, 2.75) is 37.7 Å². The van der Waals surface area contributed by atoms with Crippen LogP contribution in [0.1, 0.15) is 32.5 Å². The Hall–Kier alpha value is -0.860. The van der Waals surface area contributed by atoms with E-state index in [0.29, 0.717) is 0 Å². The molecule has 0 aromatic carbocycles. The van der Waals surface area contributed by atoms with Crippen molar-refractivity contribution in [2.75, 3.05) is 0 Å². The third kappa shape index (κ3) is 4.32. The third-order valence-corrected chi connectivity index (χ3v) is 3.73. The smallest absolute Gasteiger partial charge is 0.413 e. The van der Waals surface area contributed by atoms with Crippen LogP contribution in [0.3, 0.4) is 0 Å². The summed E-state index contributed by atoms with van der Waals surface area (Å²) < 4.78 is 65.0. The van der Waals surface area contributed by atoms with Crippen LogP contribution in [0.15, 0.2) is 18.3 Å². The van der Waals surface area contributed by atoms with Gasteiger partial charge in [0.1, 0.15) is 16.3 Å². The normalized spacial score (nSPS) is 16.2. The van der Waals surface area contributed by atoms with Crippen LogP contribution in [0.4, 0.5) is 17.6 Å². The Morgan fingerprint density at radius 3 is 2.32 bits per heavy atom. The molecule has 0 aliphatic rings. The zero-order chi connectivity index (χ0) is 14.8. The Balaban J connectivity index is 3.08. The number of rotatable bonds is 3. The molecule has 1 N–H and O–H groups in total. The van der Waals surface area contributed by atoms with Crippen molar-refractivity contribution in [3.63, 3.8) is 0 Å². The van der Waals surface area contributed by atoms with Crippen LogP contribution in [0.5, 0.6) is 0 Å². The highest BCUT2D eigenvalue weighted by Gasteiger charge is 2.47. The molecule has 1 aromatic heterocycles. The molecule has 0 amide bonds. The highest BCUT2D eigenvalue weighted by atomic mass is 32.2. The van der Waals surface area contributed by atoms with Crippen LogP contribution in [-0.4, -0.2) is 20.5 Å².